The first-order valence-electron chi connectivity index (χ1n) is 10.4. The Morgan fingerprint density at radius 3 is 2.45 bits per heavy atom. The third kappa shape index (κ3) is 3.54. The Labute approximate surface area is 188 Å². The van der Waals surface area contributed by atoms with Gasteiger partial charge in [-0.1, -0.05) is 6.07 Å². The number of pyridine rings is 1. The summed E-state index contributed by atoms with van der Waals surface area (Å²) in [7, 11) is 0. The Morgan fingerprint density at radius 2 is 1.77 bits per heavy atom. The van der Waals surface area contributed by atoms with Crippen LogP contribution in [0, 0.1) is 13.8 Å². The molecule has 0 unspecified atom stereocenters. The Bertz CT molecular complexity index is 1250. The monoisotopic (exact) mass is 478 g/mol. The van der Waals surface area contributed by atoms with E-state index in [4.69, 9.17) is 0 Å². The number of hydrogen-bond donors (Lipinski definition) is 0. The van der Waals surface area contributed by atoms with Crippen LogP contribution < -0.4 is 0 Å². The summed E-state index contributed by atoms with van der Waals surface area (Å²) in [5.74, 6) is 1.38. The zero-order valence-corrected chi connectivity index (χ0v) is 19.1. The molecule has 1 fully saturated rings. The van der Waals surface area contributed by atoms with Crippen LogP contribution in [0.4, 0.5) is 0 Å². The van der Waals surface area contributed by atoms with Gasteiger partial charge in [0.2, 0.25) is 0 Å². The minimum atomic E-state index is 0.0747. The zero-order valence-electron chi connectivity index (χ0n) is 17.5. The number of halogens is 1. The van der Waals surface area contributed by atoms with E-state index >= 15 is 0 Å². The maximum Gasteiger partial charge on any atom is 0.253 e. The summed E-state index contributed by atoms with van der Waals surface area (Å²) in [6, 6.07) is 13.6. The second-order valence-electron chi connectivity index (χ2n) is 8.00. The smallest absolute Gasteiger partial charge is 0.253 e. The Morgan fingerprint density at radius 1 is 1.03 bits per heavy atom. The summed E-state index contributed by atoms with van der Waals surface area (Å²) in [6.45, 7) is 5.43. The molecule has 0 aliphatic carbocycles. The minimum Gasteiger partial charge on any atom is -0.339 e. The van der Waals surface area contributed by atoms with Gasteiger partial charge in [-0.3, -0.25) is 9.20 Å². The fourth-order valence-electron chi connectivity index (χ4n) is 4.28. The van der Waals surface area contributed by atoms with Gasteiger partial charge in [0, 0.05) is 30.8 Å². The van der Waals surface area contributed by atoms with Gasteiger partial charge in [0.15, 0.2) is 5.65 Å². The van der Waals surface area contributed by atoms with Gasteiger partial charge in [0.25, 0.3) is 5.91 Å². The van der Waals surface area contributed by atoms with E-state index in [2.05, 4.69) is 35.6 Å². The molecule has 1 saturated heterocycles. The number of hydrogen-bond acceptors (Lipinski definition) is 4. The molecule has 4 heterocycles. The van der Waals surface area contributed by atoms with Crippen molar-refractivity contribution >= 4 is 27.5 Å². The molecule has 7 nitrogen and oxygen atoms in total. The first-order chi connectivity index (χ1) is 15.0. The van der Waals surface area contributed by atoms with Gasteiger partial charge < -0.3 is 4.90 Å². The molecule has 31 heavy (non-hydrogen) atoms. The third-order valence-corrected chi connectivity index (χ3v) is 7.20. The lowest BCUT2D eigenvalue weighted by atomic mass is 9.95. The fraction of sp³-hybridized carbons (Fsp3) is 0.304. The van der Waals surface area contributed by atoms with Crippen molar-refractivity contribution < 1.29 is 4.79 Å². The molecule has 158 valence electrons. The largest absolute Gasteiger partial charge is 0.339 e. The van der Waals surface area contributed by atoms with E-state index in [0.29, 0.717) is 11.5 Å². The quantitative estimate of drug-likeness (QED) is 0.439. The Kier molecular flexibility index (Phi) is 5.09. The molecule has 0 atom stereocenters. The highest BCUT2D eigenvalue weighted by Crippen LogP contribution is 2.28. The molecule has 0 spiro atoms. The van der Waals surface area contributed by atoms with E-state index in [-0.39, 0.29) is 5.91 Å². The highest BCUT2D eigenvalue weighted by molar-refractivity contribution is 9.10. The van der Waals surface area contributed by atoms with Gasteiger partial charge in [-0.25, -0.2) is 4.68 Å². The molecule has 1 amide bonds. The molecule has 3 aromatic heterocycles. The normalized spacial score (nSPS) is 15.0. The van der Waals surface area contributed by atoms with Gasteiger partial charge >= 0.3 is 0 Å². The van der Waals surface area contributed by atoms with Gasteiger partial charge in [-0.2, -0.15) is 5.10 Å². The van der Waals surface area contributed by atoms with Crippen molar-refractivity contribution in [2.45, 2.75) is 32.6 Å². The number of aromatic nitrogens is 5. The molecule has 4 aromatic rings. The first kappa shape index (κ1) is 19.9. The number of likely N-dealkylation sites (tertiary alicyclic amines) is 1. The third-order valence-electron chi connectivity index (χ3n) is 6.05. The van der Waals surface area contributed by atoms with Gasteiger partial charge in [0.05, 0.1) is 21.5 Å². The number of rotatable bonds is 3. The predicted octanol–water partition coefficient (Wildman–Crippen LogP) is 4.31. The lowest BCUT2D eigenvalue weighted by Gasteiger charge is -2.31. The molecule has 0 saturated carbocycles. The Hall–Kier alpha value is -3.00. The average molecular weight is 479 g/mol. The van der Waals surface area contributed by atoms with Gasteiger partial charge in [-0.05, 0) is 79.0 Å². The van der Waals surface area contributed by atoms with Crippen molar-refractivity contribution in [3.8, 4) is 5.69 Å². The predicted molar refractivity (Wildman–Crippen MR) is 122 cm³/mol. The van der Waals surface area contributed by atoms with Crippen molar-refractivity contribution in [2.24, 2.45) is 0 Å². The van der Waals surface area contributed by atoms with Crippen LogP contribution >= 0.6 is 15.9 Å². The van der Waals surface area contributed by atoms with Gasteiger partial charge in [-0.15, -0.1) is 10.2 Å². The number of benzene rings is 1. The second kappa shape index (κ2) is 7.92. The van der Waals surface area contributed by atoms with Crippen LogP contribution in [0.1, 0.15) is 46.3 Å². The summed E-state index contributed by atoms with van der Waals surface area (Å²) in [6.07, 6.45) is 3.78. The van der Waals surface area contributed by atoms with Crippen molar-refractivity contribution in [3.05, 3.63) is 75.9 Å². The van der Waals surface area contributed by atoms with E-state index < -0.39 is 0 Å². The summed E-state index contributed by atoms with van der Waals surface area (Å²) in [4.78, 5) is 15.0. The van der Waals surface area contributed by atoms with E-state index in [1.165, 1.54) is 0 Å². The molecule has 1 aromatic carbocycles. The van der Waals surface area contributed by atoms with Crippen LogP contribution in [-0.4, -0.2) is 48.3 Å². The maximum absolute atomic E-state index is 13.0. The fourth-order valence-corrected chi connectivity index (χ4v) is 4.53. The summed E-state index contributed by atoms with van der Waals surface area (Å²) >= 11 is 3.57. The molecular weight excluding hydrogens is 456 g/mol. The molecule has 0 N–H and O–H groups in total. The molecule has 8 heteroatoms. The van der Waals surface area contributed by atoms with Crippen molar-refractivity contribution in [1.82, 2.24) is 29.3 Å². The molecule has 0 radical (unpaired) electrons. The van der Waals surface area contributed by atoms with Crippen LogP contribution in [0.25, 0.3) is 11.3 Å². The molecular formula is C23H23BrN6O. The topological polar surface area (TPSA) is 68.3 Å². The lowest BCUT2D eigenvalue weighted by molar-refractivity contribution is 0.0711. The SMILES string of the molecule is Cc1nn(-c2ccc(C(=O)N3CCC(c4nnc5ccccn45)CC3)cc2)c(C)c1Br. The zero-order chi connectivity index (χ0) is 21.5. The number of amides is 1. The van der Waals surface area contributed by atoms with Crippen LogP contribution in [0.15, 0.2) is 53.1 Å². The summed E-state index contributed by atoms with van der Waals surface area (Å²) in [5.41, 5.74) is 4.50. The molecule has 5 rings (SSSR count). The van der Waals surface area contributed by atoms with Gasteiger partial charge in [0.1, 0.15) is 5.82 Å². The summed E-state index contributed by atoms with van der Waals surface area (Å²) in [5, 5.41) is 13.2. The van der Waals surface area contributed by atoms with Crippen LogP contribution in [0.3, 0.4) is 0 Å². The highest BCUT2D eigenvalue weighted by atomic mass is 79.9. The van der Waals surface area contributed by atoms with E-state index in [9.17, 15) is 4.79 Å². The van der Waals surface area contributed by atoms with E-state index in [0.717, 1.165) is 59.0 Å². The van der Waals surface area contributed by atoms with E-state index in [1.807, 2.05) is 72.1 Å². The van der Waals surface area contributed by atoms with Crippen LogP contribution in [0.5, 0.6) is 0 Å². The number of fused-ring (bicyclic) bond motifs is 1. The van der Waals surface area contributed by atoms with Crippen molar-refractivity contribution in [2.75, 3.05) is 13.1 Å². The average Bonchev–Trinajstić information content (AvgIpc) is 3.35. The number of aryl methyl sites for hydroxylation is 1. The first-order valence-corrected chi connectivity index (χ1v) is 11.2. The molecule has 1 aliphatic rings. The highest BCUT2D eigenvalue weighted by Gasteiger charge is 2.27. The van der Waals surface area contributed by atoms with Crippen molar-refractivity contribution in [3.63, 3.8) is 0 Å². The molecule has 1 aliphatic heterocycles. The number of carbonyl (C=O) groups excluding carboxylic acids is 1. The maximum atomic E-state index is 13.0. The van der Waals surface area contributed by atoms with Crippen LogP contribution in [0.2, 0.25) is 0 Å². The van der Waals surface area contributed by atoms with E-state index in [1.54, 1.807) is 0 Å². The number of piperidine rings is 1. The second-order valence-corrected chi connectivity index (χ2v) is 8.79. The lowest BCUT2D eigenvalue weighted by Crippen LogP contribution is -2.38. The summed E-state index contributed by atoms with van der Waals surface area (Å²) < 4.78 is 4.95. The van der Waals surface area contributed by atoms with Crippen molar-refractivity contribution in [1.29, 1.82) is 0 Å². The number of carbonyl (C=O) groups is 1. The number of nitrogens with zero attached hydrogens (tertiary/aromatic N) is 6. The Balaban J connectivity index is 1.27. The van der Waals surface area contributed by atoms with Crippen LogP contribution in [-0.2, 0) is 0 Å². The minimum absolute atomic E-state index is 0.0747. The standard InChI is InChI=1S/C23H23BrN6O/c1-15-21(24)16(2)30(27-15)19-8-6-18(7-9-19)23(31)28-13-10-17(11-14-28)22-26-25-20-5-3-4-12-29(20)22/h3-9,12,17H,10-11,13-14H2,1-2H3. The molecule has 0 bridgehead atoms.